The van der Waals surface area contributed by atoms with Crippen molar-refractivity contribution >= 4 is 11.5 Å². The van der Waals surface area contributed by atoms with Crippen LogP contribution < -0.4 is 10.9 Å². The number of hydrogen-bond acceptors (Lipinski definition) is 4. The minimum Gasteiger partial charge on any atom is -0.379 e. The minimum absolute atomic E-state index is 0.176. The lowest BCUT2D eigenvalue weighted by Gasteiger charge is -2.12. The standard InChI is InChI=1S/C21H21N5O/c1-13-6-4-9-16(10-13)20-24-21-23-17(11-18(27)26(21)25-20)12-22-19-14(2)7-5-8-15(19)3/h4-11,22H,12H2,1-3H3,(H,23,24,25). The van der Waals surface area contributed by atoms with E-state index in [0.29, 0.717) is 23.8 Å². The second-order valence-electron chi connectivity index (χ2n) is 6.78. The molecule has 6 nitrogen and oxygen atoms in total. The Morgan fingerprint density at radius 3 is 2.48 bits per heavy atom. The average Bonchev–Trinajstić information content (AvgIpc) is 3.06. The predicted molar refractivity (Wildman–Crippen MR) is 107 cm³/mol. The quantitative estimate of drug-likeness (QED) is 0.583. The van der Waals surface area contributed by atoms with Crippen LogP contribution in [0.1, 0.15) is 22.4 Å². The van der Waals surface area contributed by atoms with Crippen LogP contribution in [0.2, 0.25) is 0 Å². The Labute approximate surface area is 156 Å². The summed E-state index contributed by atoms with van der Waals surface area (Å²) in [4.78, 5) is 21.5. The van der Waals surface area contributed by atoms with Crippen molar-refractivity contribution in [3.63, 3.8) is 0 Å². The van der Waals surface area contributed by atoms with E-state index >= 15 is 0 Å². The molecule has 0 spiro atoms. The van der Waals surface area contributed by atoms with Crippen molar-refractivity contribution in [1.29, 1.82) is 0 Å². The van der Waals surface area contributed by atoms with Gasteiger partial charge in [0.05, 0.1) is 12.2 Å². The topological polar surface area (TPSA) is 75.1 Å². The SMILES string of the molecule is Cc1cccc(-c2nc3nc(CNc4c(C)cccc4C)cc(=O)n3[nH]2)c1. The molecule has 4 rings (SSSR count). The fraction of sp³-hybridized carbons (Fsp3) is 0.190. The fourth-order valence-electron chi connectivity index (χ4n) is 3.21. The molecule has 0 aliphatic rings. The van der Waals surface area contributed by atoms with Gasteiger partial charge in [0.2, 0.25) is 0 Å². The van der Waals surface area contributed by atoms with Crippen molar-refractivity contribution in [2.75, 3.05) is 5.32 Å². The van der Waals surface area contributed by atoms with E-state index in [4.69, 9.17) is 0 Å². The van der Waals surface area contributed by atoms with Crippen molar-refractivity contribution in [1.82, 2.24) is 19.6 Å². The van der Waals surface area contributed by atoms with E-state index in [1.807, 2.05) is 37.3 Å². The van der Waals surface area contributed by atoms with Crippen molar-refractivity contribution in [2.24, 2.45) is 0 Å². The van der Waals surface area contributed by atoms with Gasteiger partial charge in [-0.3, -0.25) is 9.89 Å². The molecule has 2 N–H and O–H groups in total. The van der Waals surface area contributed by atoms with E-state index in [9.17, 15) is 4.79 Å². The third-order valence-corrected chi connectivity index (χ3v) is 4.60. The van der Waals surface area contributed by atoms with Crippen molar-refractivity contribution in [3.8, 4) is 11.4 Å². The highest BCUT2D eigenvalue weighted by Crippen LogP contribution is 2.20. The third kappa shape index (κ3) is 3.33. The number of aromatic amines is 1. The van der Waals surface area contributed by atoms with Crippen LogP contribution in [-0.2, 0) is 6.54 Å². The molecule has 2 heterocycles. The molecular formula is C21H21N5O. The number of aryl methyl sites for hydroxylation is 3. The number of para-hydroxylation sites is 1. The van der Waals surface area contributed by atoms with Crippen LogP contribution in [0.15, 0.2) is 53.3 Å². The molecule has 0 fully saturated rings. The van der Waals surface area contributed by atoms with Gasteiger partial charge in [0.1, 0.15) is 0 Å². The highest BCUT2D eigenvalue weighted by atomic mass is 16.1. The summed E-state index contributed by atoms with van der Waals surface area (Å²) >= 11 is 0. The maximum absolute atomic E-state index is 12.5. The zero-order valence-corrected chi connectivity index (χ0v) is 15.6. The first-order valence-electron chi connectivity index (χ1n) is 8.87. The van der Waals surface area contributed by atoms with Crippen LogP contribution in [-0.4, -0.2) is 19.6 Å². The number of nitrogens with zero attached hydrogens (tertiary/aromatic N) is 3. The van der Waals surface area contributed by atoms with Crippen molar-refractivity contribution in [2.45, 2.75) is 27.3 Å². The van der Waals surface area contributed by atoms with Gasteiger partial charge < -0.3 is 5.32 Å². The van der Waals surface area contributed by atoms with Crippen LogP contribution in [0.4, 0.5) is 5.69 Å². The summed E-state index contributed by atoms with van der Waals surface area (Å²) in [6, 6.07) is 15.6. The maximum Gasteiger partial charge on any atom is 0.274 e. The zero-order chi connectivity index (χ0) is 19.0. The number of nitrogens with one attached hydrogen (secondary N) is 2. The first-order valence-corrected chi connectivity index (χ1v) is 8.87. The van der Waals surface area contributed by atoms with E-state index in [2.05, 4.69) is 46.4 Å². The lowest BCUT2D eigenvalue weighted by Crippen LogP contribution is -2.17. The Hall–Kier alpha value is -3.41. The van der Waals surface area contributed by atoms with E-state index in [0.717, 1.165) is 27.9 Å². The van der Waals surface area contributed by atoms with Gasteiger partial charge in [0.15, 0.2) is 5.82 Å². The largest absolute Gasteiger partial charge is 0.379 e. The molecule has 0 radical (unpaired) electrons. The molecule has 0 atom stereocenters. The highest BCUT2D eigenvalue weighted by Gasteiger charge is 2.10. The van der Waals surface area contributed by atoms with Gasteiger partial charge in [-0.05, 0) is 38.0 Å². The molecule has 0 saturated carbocycles. The number of aromatic nitrogens is 4. The Balaban J connectivity index is 1.66. The molecule has 0 unspecified atom stereocenters. The number of rotatable bonds is 4. The zero-order valence-electron chi connectivity index (χ0n) is 15.6. The molecule has 27 heavy (non-hydrogen) atoms. The van der Waals surface area contributed by atoms with Crippen LogP contribution in [0.3, 0.4) is 0 Å². The molecule has 0 amide bonds. The predicted octanol–water partition coefficient (Wildman–Crippen LogP) is 3.62. The summed E-state index contributed by atoms with van der Waals surface area (Å²) in [5.41, 5.74) is 5.93. The van der Waals surface area contributed by atoms with E-state index in [1.54, 1.807) is 0 Å². The van der Waals surface area contributed by atoms with Crippen molar-refractivity contribution < 1.29 is 0 Å². The van der Waals surface area contributed by atoms with Crippen molar-refractivity contribution in [3.05, 3.63) is 81.3 Å². The average molecular weight is 359 g/mol. The molecule has 136 valence electrons. The molecule has 0 bridgehead atoms. The number of benzene rings is 2. The lowest BCUT2D eigenvalue weighted by atomic mass is 10.1. The summed E-state index contributed by atoms with van der Waals surface area (Å²) < 4.78 is 1.38. The van der Waals surface area contributed by atoms with Crippen LogP contribution in [0.5, 0.6) is 0 Å². The van der Waals surface area contributed by atoms with Gasteiger partial charge >= 0.3 is 0 Å². The maximum atomic E-state index is 12.5. The van der Waals surface area contributed by atoms with E-state index in [-0.39, 0.29) is 5.56 Å². The molecule has 0 aliphatic heterocycles. The van der Waals surface area contributed by atoms with Gasteiger partial charge in [0.25, 0.3) is 11.3 Å². The minimum atomic E-state index is -0.176. The molecule has 6 heteroatoms. The fourth-order valence-corrected chi connectivity index (χ4v) is 3.21. The van der Waals surface area contributed by atoms with Crippen LogP contribution in [0, 0.1) is 20.8 Å². The van der Waals surface area contributed by atoms with Gasteiger partial charge in [0, 0.05) is 17.3 Å². The van der Waals surface area contributed by atoms with Crippen LogP contribution in [0.25, 0.3) is 17.2 Å². The molecule has 0 saturated heterocycles. The Morgan fingerprint density at radius 2 is 1.74 bits per heavy atom. The Morgan fingerprint density at radius 1 is 1.00 bits per heavy atom. The number of hydrogen-bond donors (Lipinski definition) is 2. The molecule has 2 aromatic heterocycles. The normalized spacial score (nSPS) is 11.1. The Bertz CT molecular complexity index is 1170. The van der Waals surface area contributed by atoms with E-state index in [1.165, 1.54) is 10.6 Å². The summed E-state index contributed by atoms with van der Waals surface area (Å²) in [7, 11) is 0. The van der Waals surface area contributed by atoms with Gasteiger partial charge in [-0.1, -0.05) is 42.0 Å². The number of fused-ring (bicyclic) bond motifs is 1. The molecule has 0 aliphatic carbocycles. The monoisotopic (exact) mass is 359 g/mol. The summed E-state index contributed by atoms with van der Waals surface area (Å²) in [6.45, 7) is 6.60. The summed E-state index contributed by atoms with van der Waals surface area (Å²) in [6.07, 6.45) is 0. The van der Waals surface area contributed by atoms with Gasteiger partial charge in [-0.25, -0.2) is 4.98 Å². The summed E-state index contributed by atoms with van der Waals surface area (Å²) in [5, 5.41) is 6.42. The third-order valence-electron chi connectivity index (χ3n) is 4.60. The number of H-pyrrole nitrogens is 1. The first-order chi connectivity index (χ1) is 13.0. The second-order valence-corrected chi connectivity index (χ2v) is 6.78. The van der Waals surface area contributed by atoms with E-state index < -0.39 is 0 Å². The Kier molecular flexibility index (Phi) is 4.24. The summed E-state index contributed by atoms with van der Waals surface area (Å²) in [5.74, 6) is 1.00. The molecule has 4 aromatic rings. The smallest absolute Gasteiger partial charge is 0.274 e. The first kappa shape index (κ1) is 17.0. The molecular weight excluding hydrogens is 338 g/mol. The number of anilines is 1. The second kappa shape index (κ2) is 6.72. The highest BCUT2D eigenvalue weighted by molar-refractivity contribution is 5.58. The van der Waals surface area contributed by atoms with Gasteiger partial charge in [-0.15, -0.1) is 0 Å². The molecule has 2 aromatic carbocycles. The lowest BCUT2D eigenvalue weighted by molar-refractivity contribution is 0.878. The van der Waals surface area contributed by atoms with Gasteiger partial charge in [-0.2, -0.15) is 9.50 Å². The van der Waals surface area contributed by atoms with Crippen LogP contribution >= 0.6 is 0 Å².